The van der Waals surface area contributed by atoms with Crippen LogP contribution < -0.4 is 20.3 Å². The van der Waals surface area contributed by atoms with Crippen LogP contribution in [0.15, 0.2) is 54.6 Å². The van der Waals surface area contributed by atoms with Crippen molar-refractivity contribution in [2.45, 2.75) is 19.1 Å². The van der Waals surface area contributed by atoms with E-state index in [-0.39, 0.29) is 18.9 Å². The maximum atomic E-state index is 12.4. The van der Waals surface area contributed by atoms with Crippen LogP contribution in [0.3, 0.4) is 0 Å². The van der Waals surface area contributed by atoms with Crippen LogP contribution in [0.4, 0.5) is 0 Å². The molecule has 0 aliphatic carbocycles. The van der Waals surface area contributed by atoms with Crippen molar-refractivity contribution in [3.8, 4) is 11.5 Å². The topological polar surface area (TPSA) is 97.0 Å². The van der Waals surface area contributed by atoms with Gasteiger partial charge in [0, 0.05) is 19.5 Å². The fourth-order valence-electron chi connectivity index (χ4n) is 3.36. The number of nitrogens with one attached hydrogen (secondary N) is 2. The summed E-state index contributed by atoms with van der Waals surface area (Å²) < 4.78 is 11.1. The molecule has 2 aliphatic heterocycles. The van der Waals surface area contributed by atoms with Gasteiger partial charge >= 0.3 is 0 Å². The molecular weight excluding hydrogens is 374 g/mol. The van der Waals surface area contributed by atoms with Gasteiger partial charge in [-0.2, -0.15) is 0 Å². The number of hydrazine groups is 1. The van der Waals surface area contributed by atoms with E-state index in [0.29, 0.717) is 24.6 Å². The third-order valence-corrected chi connectivity index (χ3v) is 4.91. The van der Waals surface area contributed by atoms with Gasteiger partial charge in [0.1, 0.15) is 6.61 Å². The molecular formula is C21H21N3O5. The quantitative estimate of drug-likeness (QED) is 0.754. The largest absolute Gasteiger partial charge is 0.485 e. The Morgan fingerprint density at radius 2 is 1.66 bits per heavy atom. The molecule has 1 fully saturated rings. The zero-order valence-corrected chi connectivity index (χ0v) is 15.7. The summed E-state index contributed by atoms with van der Waals surface area (Å²) in [5.74, 6) is -0.471. The number of ether oxygens (including phenoxy) is 2. The number of hydrogen-bond acceptors (Lipinski definition) is 5. The standard InChI is InChI=1S/C21H21N3O5/c25-19-10-15(12-24(19)11-14-6-2-1-3-7-14)20(26)22-23-21(27)18-13-28-16-8-4-5-9-17(16)29-18/h1-9,15,18H,10-13H2,(H,22,26)(H,23,27)/t15-,18+/m0/s1. The number of nitrogens with zero attached hydrogens (tertiary/aromatic N) is 1. The molecule has 3 amide bonds. The Balaban J connectivity index is 1.27. The van der Waals surface area contributed by atoms with Gasteiger partial charge in [-0.3, -0.25) is 25.2 Å². The molecule has 8 nitrogen and oxygen atoms in total. The van der Waals surface area contributed by atoms with E-state index in [2.05, 4.69) is 10.9 Å². The number of rotatable bonds is 4. The van der Waals surface area contributed by atoms with Crippen molar-refractivity contribution in [1.82, 2.24) is 15.8 Å². The Kier molecular flexibility index (Phi) is 5.33. The van der Waals surface area contributed by atoms with E-state index in [4.69, 9.17) is 9.47 Å². The van der Waals surface area contributed by atoms with E-state index in [0.717, 1.165) is 5.56 Å². The Hall–Kier alpha value is -3.55. The number of hydrogen-bond donors (Lipinski definition) is 2. The lowest BCUT2D eigenvalue weighted by atomic mass is 10.1. The fraction of sp³-hybridized carbons (Fsp3) is 0.286. The molecule has 0 unspecified atom stereocenters. The monoisotopic (exact) mass is 395 g/mol. The lowest BCUT2D eigenvalue weighted by Gasteiger charge is -2.25. The number of amides is 3. The molecule has 2 heterocycles. The Morgan fingerprint density at radius 3 is 2.45 bits per heavy atom. The van der Waals surface area contributed by atoms with E-state index < -0.39 is 23.8 Å². The van der Waals surface area contributed by atoms with Gasteiger partial charge in [-0.25, -0.2) is 0 Å². The van der Waals surface area contributed by atoms with Gasteiger partial charge in [-0.05, 0) is 17.7 Å². The van der Waals surface area contributed by atoms with E-state index >= 15 is 0 Å². The molecule has 2 aromatic rings. The summed E-state index contributed by atoms with van der Waals surface area (Å²) in [6, 6.07) is 16.7. The highest BCUT2D eigenvalue weighted by Gasteiger charge is 2.35. The van der Waals surface area contributed by atoms with Gasteiger partial charge in [-0.1, -0.05) is 42.5 Å². The lowest BCUT2D eigenvalue weighted by Crippen LogP contribution is -2.52. The molecule has 2 aliphatic rings. The summed E-state index contributed by atoms with van der Waals surface area (Å²) >= 11 is 0. The van der Waals surface area contributed by atoms with Crippen LogP contribution in [0.2, 0.25) is 0 Å². The summed E-state index contributed by atoms with van der Waals surface area (Å²) in [5.41, 5.74) is 5.77. The number of benzene rings is 2. The first-order valence-electron chi connectivity index (χ1n) is 9.40. The van der Waals surface area contributed by atoms with Crippen molar-refractivity contribution in [3.05, 3.63) is 60.2 Å². The molecule has 0 bridgehead atoms. The first-order valence-corrected chi connectivity index (χ1v) is 9.40. The van der Waals surface area contributed by atoms with Crippen LogP contribution in [-0.2, 0) is 20.9 Å². The highest BCUT2D eigenvalue weighted by atomic mass is 16.6. The van der Waals surface area contributed by atoms with Gasteiger partial charge in [0.15, 0.2) is 11.5 Å². The average molecular weight is 395 g/mol. The molecule has 0 spiro atoms. The molecule has 1 saturated heterocycles. The second kappa shape index (κ2) is 8.22. The number of fused-ring (bicyclic) bond motifs is 1. The number of likely N-dealkylation sites (tertiary alicyclic amines) is 1. The Labute approximate surface area is 167 Å². The second-order valence-corrected chi connectivity index (χ2v) is 7.00. The summed E-state index contributed by atoms with van der Waals surface area (Å²) in [5, 5.41) is 0. The van der Waals surface area contributed by atoms with Crippen molar-refractivity contribution in [1.29, 1.82) is 0 Å². The first-order chi connectivity index (χ1) is 14.1. The van der Waals surface area contributed by atoms with E-state index in [9.17, 15) is 14.4 Å². The number of carbonyl (C=O) groups excluding carboxylic acids is 3. The van der Waals surface area contributed by atoms with Crippen molar-refractivity contribution < 1.29 is 23.9 Å². The highest BCUT2D eigenvalue weighted by Crippen LogP contribution is 2.30. The highest BCUT2D eigenvalue weighted by molar-refractivity contribution is 5.91. The Morgan fingerprint density at radius 1 is 0.966 bits per heavy atom. The average Bonchev–Trinajstić information content (AvgIpc) is 3.12. The normalized spacial score (nSPS) is 20.3. The molecule has 150 valence electrons. The van der Waals surface area contributed by atoms with Crippen molar-refractivity contribution >= 4 is 17.7 Å². The van der Waals surface area contributed by atoms with Gasteiger partial charge in [0.05, 0.1) is 5.92 Å². The van der Waals surface area contributed by atoms with Gasteiger partial charge in [0.2, 0.25) is 17.9 Å². The Bertz CT molecular complexity index is 918. The smallest absolute Gasteiger partial charge is 0.283 e. The minimum Gasteiger partial charge on any atom is -0.485 e. The van der Waals surface area contributed by atoms with Crippen molar-refractivity contribution in [3.63, 3.8) is 0 Å². The predicted molar refractivity (Wildman–Crippen MR) is 103 cm³/mol. The van der Waals surface area contributed by atoms with E-state index in [1.807, 2.05) is 36.4 Å². The SMILES string of the molecule is O=C(NNC(=O)[C@H]1COc2ccccc2O1)[C@H]1CC(=O)N(Cc2ccccc2)C1. The number of carbonyl (C=O) groups is 3. The summed E-state index contributed by atoms with van der Waals surface area (Å²) in [7, 11) is 0. The van der Waals surface area contributed by atoms with Crippen LogP contribution >= 0.6 is 0 Å². The molecule has 0 saturated carbocycles. The fourth-order valence-corrected chi connectivity index (χ4v) is 3.36. The molecule has 4 rings (SSSR count). The van der Waals surface area contributed by atoms with Gasteiger partial charge < -0.3 is 14.4 Å². The summed E-state index contributed by atoms with van der Waals surface area (Å²) in [6.45, 7) is 0.819. The van der Waals surface area contributed by atoms with Crippen LogP contribution in [0, 0.1) is 5.92 Å². The lowest BCUT2D eigenvalue weighted by molar-refractivity contribution is -0.136. The summed E-state index contributed by atoms with van der Waals surface area (Å²) in [6.07, 6.45) is -0.754. The molecule has 29 heavy (non-hydrogen) atoms. The van der Waals surface area contributed by atoms with Crippen LogP contribution in [-0.4, -0.2) is 41.9 Å². The van der Waals surface area contributed by atoms with Crippen LogP contribution in [0.5, 0.6) is 11.5 Å². The third-order valence-electron chi connectivity index (χ3n) is 4.91. The minimum absolute atomic E-state index is 0.0471. The predicted octanol–water partition coefficient (Wildman–Crippen LogP) is 1.02. The molecule has 8 heteroatoms. The summed E-state index contributed by atoms with van der Waals surface area (Å²) in [4.78, 5) is 38.6. The number of para-hydroxylation sites is 2. The molecule has 2 N–H and O–H groups in total. The molecule has 2 aromatic carbocycles. The molecule has 0 aromatic heterocycles. The van der Waals surface area contributed by atoms with Crippen molar-refractivity contribution in [2.24, 2.45) is 5.92 Å². The molecule has 2 atom stereocenters. The van der Waals surface area contributed by atoms with Crippen molar-refractivity contribution in [2.75, 3.05) is 13.2 Å². The van der Waals surface area contributed by atoms with Gasteiger partial charge in [0.25, 0.3) is 5.91 Å². The zero-order chi connectivity index (χ0) is 20.2. The van der Waals surface area contributed by atoms with Crippen LogP contribution in [0.25, 0.3) is 0 Å². The zero-order valence-electron chi connectivity index (χ0n) is 15.7. The molecule has 0 radical (unpaired) electrons. The van der Waals surface area contributed by atoms with Gasteiger partial charge in [-0.15, -0.1) is 0 Å². The maximum absolute atomic E-state index is 12.4. The van der Waals surface area contributed by atoms with E-state index in [1.165, 1.54) is 0 Å². The maximum Gasteiger partial charge on any atom is 0.283 e. The van der Waals surface area contributed by atoms with E-state index in [1.54, 1.807) is 23.1 Å². The van der Waals surface area contributed by atoms with Crippen LogP contribution in [0.1, 0.15) is 12.0 Å². The first kappa shape index (κ1) is 18.8. The third kappa shape index (κ3) is 4.31. The minimum atomic E-state index is -0.870. The second-order valence-electron chi connectivity index (χ2n) is 7.00.